The normalized spacial score (nSPS) is 20.8. The summed E-state index contributed by atoms with van der Waals surface area (Å²) >= 11 is 12.5. The fourth-order valence-corrected chi connectivity index (χ4v) is 4.60. The molecule has 2 aliphatic rings. The predicted molar refractivity (Wildman–Crippen MR) is 113 cm³/mol. The molecule has 2 aliphatic heterocycles. The molecule has 2 atom stereocenters. The Balaban J connectivity index is 1.40. The number of nitrogens with one attached hydrogen (secondary N) is 1. The fraction of sp³-hybridized carbons (Fsp3) is 0.350. The van der Waals surface area contributed by atoms with Gasteiger partial charge < -0.3 is 15.0 Å². The van der Waals surface area contributed by atoms with Crippen LogP contribution < -0.4 is 10.2 Å². The van der Waals surface area contributed by atoms with Crippen molar-refractivity contribution in [2.75, 3.05) is 23.4 Å². The van der Waals surface area contributed by atoms with E-state index in [9.17, 15) is 0 Å². The van der Waals surface area contributed by atoms with E-state index in [-0.39, 0.29) is 0 Å². The molecule has 3 aromatic rings. The van der Waals surface area contributed by atoms with Gasteiger partial charge in [-0.15, -0.1) is 0 Å². The summed E-state index contributed by atoms with van der Waals surface area (Å²) in [6.07, 6.45) is 2.36. The first-order valence-corrected chi connectivity index (χ1v) is 10.4. The van der Waals surface area contributed by atoms with Gasteiger partial charge in [-0.25, -0.2) is 0 Å². The molecule has 0 amide bonds. The lowest BCUT2D eigenvalue weighted by atomic mass is 10.1. The first-order chi connectivity index (χ1) is 14.2. The Hall–Kier alpha value is -2.35. The Morgan fingerprint density at radius 3 is 2.59 bits per heavy atom. The summed E-state index contributed by atoms with van der Waals surface area (Å²) in [6, 6.07) is 14.7. The molecular weight excluding hydrogens is 411 g/mol. The van der Waals surface area contributed by atoms with E-state index in [0.717, 1.165) is 13.2 Å². The maximum atomic E-state index is 6.34. The molecule has 2 fully saturated rings. The summed E-state index contributed by atoms with van der Waals surface area (Å²) in [7, 11) is 0. The number of halogens is 2. The average molecular weight is 431 g/mol. The van der Waals surface area contributed by atoms with Crippen LogP contribution in [0.2, 0.25) is 10.0 Å². The van der Waals surface area contributed by atoms with E-state index in [1.807, 2.05) is 12.1 Å². The van der Waals surface area contributed by atoms with Gasteiger partial charge in [0, 0.05) is 12.2 Å². The Bertz CT molecular complexity index is 1010. The molecule has 29 heavy (non-hydrogen) atoms. The molecule has 0 saturated carbocycles. The first-order valence-electron chi connectivity index (χ1n) is 9.63. The highest BCUT2D eigenvalue weighted by Crippen LogP contribution is 2.36. The number of hydrogen-bond acceptors (Lipinski definition) is 6. The molecule has 0 aliphatic carbocycles. The Labute approximate surface area is 178 Å². The molecule has 0 spiro atoms. The van der Waals surface area contributed by atoms with E-state index >= 15 is 0 Å². The Kier molecular flexibility index (Phi) is 5.03. The minimum absolute atomic E-state index is 0.412. The van der Waals surface area contributed by atoms with Crippen LogP contribution in [-0.4, -0.2) is 45.5 Å². The minimum Gasteiger partial charge on any atom is -0.377 e. The zero-order chi connectivity index (χ0) is 19.8. The highest BCUT2D eigenvalue weighted by Gasteiger charge is 2.38. The minimum atomic E-state index is 0.412. The lowest BCUT2D eigenvalue weighted by molar-refractivity contribution is 0.0906. The molecule has 2 saturated heterocycles. The van der Waals surface area contributed by atoms with Crippen molar-refractivity contribution in [3.63, 3.8) is 0 Å². The van der Waals surface area contributed by atoms with Gasteiger partial charge >= 0.3 is 0 Å². The summed E-state index contributed by atoms with van der Waals surface area (Å²) in [6.45, 7) is 2.18. The van der Waals surface area contributed by atoms with Crippen LogP contribution >= 0.6 is 23.2 Å². The molecule has 1 N–H and O–H groups in total. The SMILES string of the molecule is Clc1cccc(-n2nnnc2NCc2ccccc2N2C3CCC2COC3)c1Cl. The van der Waals surface area contributed by atoms with Crippen molar-refractivity contribution in [3.8, 4) is 5.69 Å². The van der Waals surface area contributed by atoms with Crippen LogP contribution in [0.3, 0.4) is 0 Å². The second-order valence-corrected chi connectivity index (χ2v) is 8.08. The number of rotatable bonds is 5. The van der Waals surface area contributed by atoms with Crippen LogP contribution in [0.1, 0.15) is 18.4 Å². The van der Waals surface area contributed by atoms with Gasteiger partial charge in [0.2, 0.25) is 5.95 Å². The highest BCUT2D eigenvalue weighted by atomic mass is 35.5. The second-order valence-electron chi connectivity index (χ2n) is 7.30. The number of ether oxygens (including phenoxy) is 1. The van der Waals surface area contributed by atoms with E-state index in [0.29, 0.717) is 40.3 Å². The largest absolute Gasteiger partial charge is 0.377 e. The summed E-state index contributed by atoms with van der Waals surface area (Å²) in [5.74, 6) is 0.508. The van der Waals surface area contributed by atoms with E-state index in [4.69, 9.17) is 27.9 Å². The van der Waals surface area contributed by atoms with Crippen molar-refractivity contribution in [2.45, 2.75) is 31.5 Å². The lowest BCUT2D eigenvalue weighted by Crippen LogP contribution is -2.46. The number of benzene rings is 2. The van der Waals surface area contributed by atoms with Crippen LogP contribution in [0.25, 0.3) is 5.69 Å². The number of anilines is 2. The molecule has 0 radical (unpaired) electrons. The summed E-state index contributed by atoms with van der Waals surface area (Å²) in [5.41, 5.74) is 3.07. The van der Waals surface area contributed by atoms with E-state index in [2.05, 4.69) is 50.0 Å². The van der Waals surface area contributed by atoms with Crippen LogP contribution in [0.15, 0.2) is 42.5 Å². The third-order valence-corrected chi connectivity index (χ3v) is 6.38. The van der Waals surface area contributed by atoms with Gasteiger partial charge in [0.05, 0.1) is 41.0 Å². The number of para-hydroxylation sites is 1. The number of tetrazole rings is 1. The zero-order valence-electron chi connectivity index (χ0n) is 15.6. The van der Waals surface area contributed by atoms with E-state index < -0.39 is 0 Å². The fourth-order valence-electron chi connectivity index (χ4n) is 4.22. The van der Waals surface area contributed by atoms with Gasteiger partial charge in [-0.2, -0.15) is 4.68 Å². The summed E-state index contributed by atoms with van der Waals surface area (Å²) in [4.78, 5) is 2.53. The van der Waals surface area contributed by atoms with Gasteiger partial charge in [0.25, 0.3) is 0 Å². The monoisotopic (exact) mass is 430 g/mol. The number of hydrogen-bond donors (Lipinski definition) is 1. The maximum Gasteiger partial charge on any atom is 0.248 e. The van der Waals surface area contributed by atoms with Crippen molar-refractivity contribution in [3.05, 3.63) is 58.1 Å². The molecule has 5 rings (SSSR count). The quantitative estimate of drug-likeness (QED) is 0.660. The van der Waals surface area contributed by atoms with Crippen LogP contribution in [0.5, 0.6) is 0 Å². The van der Waals surface area contributed by atoms with Crippen molar-refractivity contribution in [1.29, 1.82) is 0 Å². The van der Waals surface area contributed by atoms with Gasteiger partial charge in [-0.3, -0.25) is 0 Å². The van der Waals surface area contributed by atoms with Gasteiger partial charge in [0.15, 0.2) is 0 Å². The van der Waals surface area contributed by atoms with E-state index in [1.54, 1.807) is 10.7 Å². The topological polar surface area (TPSA) is 68.1 Å². The summed E-state index contributed by atoms with van der Waals surface area (Å²) in [5, 5.41) is 16.2. The molecule has 2 bridgehead atoms. The van der Waals surface area contributed by atoms with Gasteiger partial charge in [0.1, 0.15) is 0 Å². The van der Waals surface area contributed by atoms with Crippen LogP contribution in [0, 0.1) is 0 Å². The molecular formula is C20H20Cl2N6O. The van der Waals surface area contributed by atoms with Crippen LogP contribution in [-0.2, 0) is 11.3 Å². The smallest absolute Gasteiger partial charge is 0.248 e. The van der Waals surface area contributed by atoms with Crippen molar-refractivity contribution >= 4 is 34.8 Å². The number of morpholine rings is 1. The average Bonchev–Trinajstić information content (AvgIpc) is 3.30. The lowest BCUT2D eigenvalue weighted by Gasteiger charge is -2.37. The van der Waals surface area contributed by atoms with E-state index in [1.165, 1.54) is 24.1 Å². The third kappa shape index (κ3) is 3.43. The molecule has 9 heteroatoms. The zero-order valence-corrected chi connectivity index (χ0v) is 17.1. The van der Waals surface area contributed by atoms with Gasteiger partial charge in [-0.1, -0.05) is 52.6 Å². The molecule has 2 aromatic carbocycles. The number of fused-ring (bicyclic) bond motifs is 2. The molecule has 1 aromatic heterocycles. The molecule has 7 nitrogen and oxygen atoms in total. The molecule has 150 valence electrons. The second kappa shape index (κ2) is 7.82. The van der Waals surface area contributed by atoms with Crippen molar-refractivity contribution in [1.82, 2.24) is 20.2 Å². The Morgan fingerprint density at radius 2 is 1.76 bits per heavy atom. The first kappa shape index (κ1) is 18.7. The number of aromatic nitrogens is 4. The predicted octanol–water partition coefficient (Wildman–Crippen LogP) is 3.95. The van der Waals surface area contributed by atoms with Crippen LogP contribution in [0.4, 0.5) is 11.6 Å². The third-order valence-electron chi connectivity index (χ3n) is 5.58. The molecule has 3 heterocycles. The number of nitrogens with zero attached hydrogens (tertiary/aromatic N) is 5. The standard InChI is InChI=1S/C20H20Cl2N6O/c21-16-5-3-7-18(19(16)22)28-20(24-25-26-28)23-10-13-4-1-2-6-17(13)27-14-8-9-15(27)12-29-11-14/h1-7,14-15H,8-12H2,(H,23,24,26). The van der Waals surface area contributed by atoms with Crippen molar-refractivity contribution in [2.24, 2.45) is 0 Å². The molecule has 2 unspecified atom stereocenters. The maximum absolute atomic E-state index is 6.34. The Morgan fingerprint density at radius 1 is 1.00 bits per heavy atom. The van der Waals surface area contributed by atoms with Crippen molar-refractivity contribution < 1.29 is 4.74 Å². The summed E-state index contributed by atoms with van der Waals surface area (Å²) < 4.78 is 7.31. The van der Waals surface area contributed by atoms with Gasteiger partial charge in [-0.05, 0) is 47.0 Å². The highest BCUT2D eigenvalue weighted by molar-refractivity contribution is 6.43.